The van der Waals surface area contributed by atoms with Gasteiger partial charge in [-0.25, -0.2) is 23.7 Å². The van der Waals surface area contributed by atoms with Gasteiger partial charge in [0.15, 0.2) is 11.6 Å². The molecule has 0 saturated carbocycles. The minimum Gasteiger partial charge on any atom is -0.481 e. The van der Waals surface area contributed by atoms with Crippen LogP contribution >= 0.6 is 0 Å². The van der Waals surface area contributed by atoms with Crippen LogP contribution < -0.4 is 20.7 Å². The average Bonchev–Trinajstić information content (AvgIpc) is 3.25. The van der Waals surface area contributed by atoms with E-state index in [4.69, 9.17) is 9.47 Å². The summed E-state index contributed by atoms with van der Waals surface area (Å²) < 4.78 is 26.1. The fourth-order valence-corrected chi connectivity index (χ4v) is 3.20. The zero-order chi connectivity index (χ0) is 26.6. The predicted molar refractivity (Wildman–Crippen MR) is 133 cm³/mol. The summed E-state index contributed by atoms with van der Waals surface area (Å²) >= 11 is 0. The van der Waals surface area contributed by atoms with E-state index in [-0.39, 0.29) is 23.9 Å². The molecule has 0 aliphatic rings. The van der Waals surface area contributed by atoms with Gasteiger partial charge in [-0.3, -0.25) is 9.78 Å². The van der Waals surface area contributed by atoms with Crippen molar-refractivity contribution in [2.24, 2.45) is 0 Å². The van der Waals surface area contributed by atoms with Gasteiger partial charge in [-0.2, -0.15) is 0 Å². The Morgan fingerprint density at radius 1 is 1.16 bits per heavy atom. The summed E-state index contributed by atoms with van der Waals surface area (Å²) in [4.78, 5) is 36.9. The second-order valence-electron chi connectivity index (χ2n) is 8.79. The molecule has 4 aromatic heterocycles. The zero-order valence-electron chi connectivity index (χ0n) is 20.6. The van der Waals surface area contributed by atoms with Crippen molar-refractivity contribution in [3.8, 4) is 17.4 Å². The fourth-order valence-electron chi connectivity index (χ4n) is 3.20. The Morgan fingerprint density at radius 3 is 2.70 bits per heavy atom. The van der Waals surface area contributed by atoms with Crippen LogP contribution in [0.2, 0.25) is 0 Å². The molecule has 3 N–H and O–H groups in total. The molecule has 2 amide bonds. The first-order valence-corrected chi connectivity index (χ1v) is 11.2. The molecule has 192 valence electrons. The van der Waals surface area contributed by atoms with Crippen molar-refractivity contribution < 1.29 is 23.5 Å². The van der Waals surface area contributed by atoms with E-state index in [1.165, 1.54) is 23.9 Å². The van der Waals surface area contributed by atoms with Crippen molar-refractivity contribution in [3.63, 3.8) is 0 Å². The van der Waals surface area contributed by atoms with E-state index in [1.807, 2.05) is 0 Å². The number of carbonyl (C=O) groups excluding carboxylic acids is 2. The van der Waals surface area contributed by atoms with Crippen LogP contribution in [-0.2, 0) is 9.53 Å². The van der Waals surface area contributed by atoms with Crippen LogP contribution in [0.5, 0.6) is 5.88 Å². The van der Waals surface area contributed by atoms with Gasteiger partial charge in [0.1, 0.15) is 23.4 Å². The van der Waals surface area contributed by atoms with Crippen LogP contribution in [0.25, 0.3) is 17.0 Å². The van der Waals surface area contributed by atoms with Crippen molar-refractivity contribution in [1.82, 2.24) is 29.9 Å². The van der Waals surface area contributed by atoms with Crippen molar-refractivity contribution in [2.45, 2.75) is 26.4 Å². The lowest BCUT2D eigenvalue weighted by Gasteiger charge is -2.19. The molecule has 13 heteroatoms. The van der Waals surface area contributed by atoms with Gasteiger partial charge >= 0.3 is 6.09 Å². The number of alkyl carbamates (subject to hydrolysis) is 1. The van der Waals surface area contributed by atoms with E-state index in [9.17, 15) is 14.0 Å². The molecule has 0 aliphatic carbocycles. The van der Waals surface area contributed by atoms with Gasteiger partial charge in [-0.05, 0) is 39.0 Å². The number of fused-ring (bicyclic) bond motifs is 1. The molecule has 4 heterocycles. The Kier molecular flexibility index (Phi) is 7.13. The molecule has 0 saturated heterocycles. The van der Waals surface area contributed by atoms with Crippen LogP contribution in [0.3, 0.4) is 0 Å². The summed E-state index contributed by atoms with van der Waals surface area (Å²) in [5.41, 5.74) is 0.693. The monoisotopic (exact) mass is 508 g/mol. The van der Waals surface area contributed by atoms with Crippen LogP contribution in [0.1, 0.15) is 20.8 Å². The third-order valence-electron chi connectivity index (χ3n) is 4.73. The largest absolute Gasteiger partial charge is 0.481 e. The number of anilines is 3. The highest BCUT2D eigenvalue weighted by Gasteiger charge is 2.18. The van der Waals surface area contributed by atoms with Crippen molar-refractivity contribution in [2.75, 3.05) is 24.3 Å². The SMILES string of the molecule is COc1cccc(-c2nc(Nc3ccncc3F)c3cc(NC(=O)CNC(=O)OC(C)(C)C)cn3n2)n1. The number of nitrogens with one attached hydrogen (secondary N) is 3. The predicted octanol–water partition coefficient (Wildman–Crippen LogP) is 3.54. The van der Waals surface area contributed by atoms with Crippen LogP contribution in [-0.4, -0.2) is 55.8 Å². The van der Waals surface area contributed by atoms with Crippen molar-refractivity contribution >= 4 is 34.7 Å². The highest BCUT2D eigenvalue weighted by molar-refractivity contribution is 5.95. The standard InChI is InChI=1S/C24H25FN8O4/c1-24(2,3)37-23(35)27-12-19(34)28-14-10-18-22(30-16-8-9-26-11-15(16)25)31-21(32-33(18)13-14)17-6-5-7-20(29-17)36-4/h5-11,13H,12H2,1-4H3,(H,27,35)(H,28,34)(H,26,30,31,32). The van der Waals surface area contributed by atoms with E-state index in [1.54, 1.807) is 51.2 Å². The molecule has 0 aliphatic heterocycles. The maximum Gasteiger partial charge on any atom is 0.408 e. The molecule has 4 rings (SSSR count). The van der Waals surface area contributed by atoms with Gasteiger partial charge in [-0.1, -0.05) is 6.07 Å². The third kappa shape index (κ3) is 6.45. The summed E-state index contributed by atoms with van der Waals surface area (Å²) in [6, 6.07) is 8.20. The summed E-state index contributed by atoms with van der Waals surface area (Å²) in [6.45, 7) is 4.86. The number of amides is 2. The van der Waals surface area contributed by atoms with Gasteiger partial charge in [0, 0.05) is 12.3 Å². The molecule has 12 nitrogen and oxygen atoms in total. The molecule has 0 atom stereocenters. The van der Waals surface area contributed by atoms with Gasteiger partial charge in [0.2, 0.25) is 17.6 Å². The number of pyridine rings is 2. The molecular weight excluding hydrogens is 483 g/mol. The molecular formula is C24H25FN8O4. The number of rotatable bonds is 7. The minimum absolute atomic E-state index is 0.147. The lowest BCUT2D eigenvalue weighted by Crippen LogP contribution is -2.37. The van der Waals surface area contributed by atoms with Crippen LogP contribution in [0, 0.1) is 5.82 Å². The summed E-state index contributed by atoms with van der Waals surface area (Å²) in [6.07, 6.45) is 3.36. The highest BCUT2D eigenvalue weighted by Crippen LogP contribution is 2.27. The number of hydrogen-bond acceptors (Lipinski definition) is 9. The van der Waals surface area contributed by atoms with Crippen molar-refractivity contribution in [1.29, 1.82) is 0 Å². The Hall–Kier alpha value is -4.81. The summed E-state index contributed by atoms with van der Waals surface area (Å²) in [7, 11) is 1.49. The lowest BCUT2D eigenvalue weighted by molar-refractivity contribution is -0.115. The number of aromatic nitrogens is 5. The van der Waals surface area contributed by atoms with Crippen molar-refractivity contribution in [3.05, 3.63) is 54.7 Å². The number of methoxy groups -OCH3 is 1. The molecule has 0 spiro atoms. The lowest BCUT2D eigenvalue weighted by atomic mass is 10.2. The highest BCUT2D eigenvalue weighted by atomic mass is 19.1. The summed E-state index contributed by atoms with van der Waals surface area (Å²) in [5, 5.41) is 12.5. The second-order valence-corrected chi connectivity index (χ2v) is 8.79. The van der Waals surface area contributed by atoms with Gasteiger partial charge in [0.05, 0.1) is 30.9 Å². The summed E-state index contributed by atoms with van der Waals surface area (Å²) in [5.74, 6) is -0.211. The first kappa shape index (κ1) is 25.3. The van der Waals surface area contributed by atoms with Gasteiger partial charge in [0.25, 0.3) is 0 Å². The Labute approximate surface area is 211 Å². The molecule has 4 aromatic rings. The molecule has 0 radical (unpaired) electrons. The normalized spacial score (nSPS) is 11.2. The first-order valence-electron chi connectivity index (χ1n) is 11.2. The van der Waals surface area contributed by atoms with E-state index in [0.717, 1.165) is 6.20 Å². The average molecular weight is 509 g/mol. The molecule has 0 bridgehead atoms. The number of halogens is 1. The second kappa shape index (κ2) is 10.4. The van der Waals surface area contributed by atoms with E-state index in [2.05, 4.69) is 36.0 Å². The molecule has 0 unspecified atom stereocenters. The van der Waals surface area contributed by atoms with E-state index < -0.39 is 23.4 Å². The van der Waals surface area contributed by atoms with E-state index >= 15 is 0 Å². The van der Waals surface area contributed by atoms with Crippen LogP contribution in [0.15, 0.2) is 48.9 Å². The maximum atomic E-state index is 14.3. The number of hydrogen-bond donors (Lipinski definition) is 3. The van der Waals surface area contributed by atoms with Gasteiger partial charge < -0.3 is 25.4 Å². The first-order chi connectivity index (χ1) is 17.6. The molecule has 37 heavy (non-hydrogen) atoms. The number of ether oxygens (including phenoxy) is 2. The minimum atomic E-state index is -0.711. The maximum absolute atomic E-state index is 14.3. The van der Waals surface area contributed by atoms with Crippen LogP contribution in [0.4, 0.5) is 26.4 Å². The quantitative estimate of drug-likeness (QED) is 0.341. The Bertz CT molecular complexity index is 1450. The van der Waals surface area contributed by atoms with E-state index in [0.29, 0.717) is 22.8 Å². The molecule has 0 aromatic carbocycles. The zero-order valence-corrected chi connectivity index (χ0v) is 20.6. The number of carbonyl (C=O) groups is 2. The fraction of sp³-hybridized carbons (Fsp3) is 0.250. The number of nitrogens with zero attached hydrogens (tertiary/aromatic N) is 5. The Balaban J connectivity index is 1.63. The molecule has 0 fully saturated rings. The topological polar surface area (TPSA) is 145 Å². The van der Waals surface area contributed by atoms with Gasteiger partial charge in [-0.15, -0.1) is 5.10 Å². The third-order valence-corrected chi connectivity index (χ3v) is 4.73. The smallest absolute Gasteiger partial charge is 0.408 e. The Morgan fingerprint density at radius 2 is 1.97 bits per heavy atom.